The average molecular weight is 390 g/mol. The third-order valence-corrected chi connectivity index (χ3v) is 4.60. The van der Waals surface area contributed by atoms with Crippen LogP contribution < -0.4 is 20.3 Å². The van der Waals surface area contributed by atoms with E-state index in [9.17, 15) is 9.59 Å². The van der Waals surface area contributed by atoms with Crippen molar-refractivity contribution in [2.24, 2.45) is 0 Å². The van der Waals surface area contributed by atoms with Gasteiger partial charge in [0.25, 0.3) is 0 Å². The number of methoxy groups -OCH3 is 1. The van der Waals surface area contributed by atoms with Crippen LogP contribution in [0.4, 0.5) is 17.1 Å². The summed E-state index contributed by atoms with van der Waals surface area (Å²) in [4.78, 5) is 26.6. The molecule has 0 aliphatic heterocycles. The highest BCUT2D eigenvalue weighted by Crippen LogP contribution is 2.30. The third kappa shape index (κ3) is 5.14. The van der Waals surface area contributed by atoms with Gasteiger partial charge in [-0.25, -0.2) is 0 Å². The summed E-state index contributed by atoms with van der Waals surface area (Å²) in [6.45, 7) is 7.75. The average Bonchev–Trinajstić information content (AvgIpc) is 2.66. The summed E-state index contributed by atoms with van der Waals surface area (Å²) in [6.07, 6.45) is 0. The molecular formula is C20H24ClN3O3. The number of hydrogen-bond acceptors (Lipinski definition) is 4. The van der Waals surface area contributed by atoms with E-state index in [1.165, 1.54) is 7.11 Å². The summed E-state index contributed by atoms with van der Waals surface area (Å²) in [5.74, 6) is -1.17. The maximum absolute atomic E-state index is 12.2. The monoisotopic (exact) mass is 389 g/mol. The van der Waals surface area contributed by atoms with Gasteiger partial charge in [-0.3, -0.25) is 9.59 Å². The second kappa shape index (κ2) is 9.28. The number of nitrogens with zero attached hydrogens (tertiary/aromatic N) is 1. The fraction of sp³-hybridized carbons (Fsp3) is 0.300. The van der Waals surface area contributed by atoms with E-state index in [4.69, 9.17) is 16.3 Å². The fourth-order valence-electron chi connectivity index (χ4n) is 2.64. The topological polar surface area (TPSA) is 70.7 Å². The van der Waals surface area contributed by atoms with Crippen LogP contribution in [0.1, 0.15) is 19.4 Å². The lowest BCUT2D eigenvalue weighted by atomic mass is 10.2. The predicted octanol–water partition coefficient (Wildman–Crippen LogP) is 4.08. The lowest BCUT2D eigenvalue weighted by molar-refractivity contribution is -0.133. The Hall–Kier alpha value is -2.73. The first-order valence-corrected chi connectivity index (χ1v) is 9.08. The molecule has 2 amide bonds. The molecule has 0 fully saturated rings. The molecule has 2 aromatic rings. The number of rotatable bonds is 6. The Morgan fingerprint density at radius 3 is 2.19 bits per heavy atom. The maximum atomic E-state index is 12.2. The molecule has 0 aliphatic rings. The Balaban J connectivity index is 2.06. The molecule has 27 heavy (non-hydrogen) atoms. The minimum absolute atomic E-state index is 0.385. The molecule has 0 bridgehead atoms. The zero-order valence-corrected chi connectivity index (χ0v) is 16.7. The first-order valence-electron chi connectivity index (χ1n) is 8.71. The van der Waals surface area contributed by atoms with Crippen molar-refractivity contribution in [1.82, 2.24) is 0 Å². The molecule has 0 radical (unpaired) electrons. The molecule has 0 unspecified atom stereocenters. The number of hydrogen-bond donors (Lipinski definition) is 2. The van der Waals surface area contributed by atoms with Crippen LogP contribution in [-0.4, -0.2) is 32.0 Å². The van der Waals surface area contributed by atoms with Gasteiger partial charge in [-0.05, 0) is 56.7 Å². The highest BCUT2D eigenvalue weighted by Gasteiger charge is 2.17. The van der Waals surface area contributed by atoms with Gasteiger partial charge in [0.2, 0.25) is 0 Å². The Kier molecular flexibility index (Phi) is 7.07. The van der Waals surface area contributed by atoms with Crippen LogP contribution in [-0.2, 0) is 9.59 Å². The fourth-order valence-corrected chi connectivity index (χ4v) is 2.79. The molecule has 0 atom stereocenters. The number of carbonyl (C=O) groups excluding carboxylic acids is 2. The van der Waals surface area contributed by atoms with E-state index in [0.717, 1.165) is 24.3 Å². The number of benzene rings is 2. The van der Waals surface area contributed by atoms with Gasteiger partial charge in [0.1, 0.15) is 5.75 Å². The van der Waals surface area contributed by atoms with Crippen molar-refractivity contribution in [3.63, 3.8) is 0 Å². The zero-order valence-electron chi connectivity index (χ0n) is 15.9. The Morgan fingerprint density at radius 2 is 1.63 bits per heavy atom. The molecule has 2 rings (SSSR count). The van der Waals surface area contributed by atoms with E-state index < -0.39 is 11.8 Å². The molecule has 0 saturated heterocycles. The van der Waals surface area contributed by atoms with Crippen molar-refractivity contribution in [2.75, 3.05) is 35.7 Å². The standard InChI is InChI=1S/C20H24ClN3O3/c1-5-24(6-2)15-9-7-14(8-10-15)22-19(25)20(26)23-17-11-13(3)16(21)12-18(17)27-4/h7-12H,5-6H2,1-4H3,(H,22,25)(H,23,26). The number of amides is 2. The first kappa shape index (κ1) is 20.6. The van der Waals surface area contributed by atoms with Crippen molar-refractivity contribution in [1.29, 1.82) is 0 Å². The molecule has 144 valence electrons. The SMILES string of the molecule is CCN(CC)c1ccc(NC(=O)C(=O)Nc2cc(C)c(Cl)cc2OC)cc1. The molecule has 7 heteroatoms. The van der Waals surface area contributed by atoms with Gasteiger partial charge >= 0.3 is 11.8 Å². The molecule has 0 aliphatic carbocycles. The van der Waals surface area contributed by atoms with Gasteiger partial charge in [-0.1, -0.05) is 11.6 Å². The second-order valence-corrected chi connectivity index (χ2v) is 6.34. The lowest BCUT2D eigenvalue weighted by Crippen LogP contribution is -2.29. The van der Waals surface area contributed by atoms with E-state index >= 15 is 0 Å². The molecule has 0 saturated carbocycles. The number of aryl methyl sites for hydroxylation is 1. The number of halogens is 1. The van der Waals surface area contributed by atoms with Crippen LogP contribution in [0.3, 0.4) is 0 Å². The number of carbonyl (C=O) groups is 2. The summed E-state index contributed by atoms with van der Waals surface area (Å²) in [5.41, 5.74) is 2.76. The number of ether oxygens (including phenoxy) is 1. The van der Waals surface area contributed by atoms with Gasteiger partial charge in [-0.2, -0.15) is 0 Å². The maximum Gasteiger partial charge on any atom is 0.314 e. The van der Waals surface area contributed by atoms with E-state index in [1.807, 2.05) is 12.1 Å². The second-order valence-electron chi connectivity index (χ2n) is 5.93. The van der Waals surface area contributed by atoms with Crippen LogP contribution in [0.2, 0.25) is 5.02 Å². The number of anilines is 3. The summed E-state index contributed by atoms with van der Waals surface area (Å²) in [6, 6.07) is 10.6. The minimum atomic E-state index is -0.789. The zero-order chi connectivity index (χ0) is 20.0. The van der Waals surface area contributed by atoms with Crippen LogP contribution in [0.25, 0.3) is 0 Å². The lowest BCUT2D eigenvalue weighted by Gasteiger charge is -2.21. The van der Waals surface area contributed by atoms with Crippen molar-refractivity contribution in [2.45, 2.75) is 20.8 Å². The Bertz CT molecular complexity index is 818. The largest absolute Gasteiger partial charge is 0.495 e. The molecular weight excluding hydrogens is 366 g/mol. The van der Waals surface area contributed by atoms with Gasteiger partial charge in [0.05, 0.1) is 12.8 Å². The van der Waals surface area contributed by atoms with Crippen molar-refractivity contribution in [3.8, 4) is 5.75 Å². The van der Waals surface area contributed by atoms with Gasteiger partial charge in [0.15, 0.2) is 0 Å². The van der Waals surface area contributed by atoms with E-state index in [1.54, 1.807) is 31.2 Å². The first-order chi connectivity index (χ1) is 12.9. The van der Waals surface area contributed by atoms with Crippen molar-refractivity contribution >= 4 is 40.5 Å². The summed E-state index contributed by atoms with van der Waals surface area (Å²) < 4.78 is 5.20. The molecule has 0 spiro atoms. The van der Waals surface area contributed by atoms with Crippen molar-refractivity contribution < 1.29 is 14.3 Å². The minimum Gasteiger partial charge on any atom is -0.495 e. The Morgan fingerprint density at radius 1 is 1.04 bits per heavy atom. The van der Waals surface area contributed by atoms with E-state index in [-0.39, 0.29) is 0 Å². The van der Waals surface area contributed by atoms with Crippen LogP contribution in [0, 0.1) is 6.92 Å². The van der Waals surface area contributed by atoms with Gasteiger partial charge < -0.3 is 20.3 Å². The predicted molar refractivity (Wildman–Crippen MR) is 110 cm³/mol. The van der Waals surface area contributed by atoms with Crippen LogP contribution >= 0.6 is 11.6 Å². The Labute approximate surface area is 164 Å². The van der Waals surface area contributed by atoms with Crippen molar-refractivity contribution in [3.05, 3.63) is 47.0 Å². The summed E-state index contributed by atoms with van der Waals surface area (Å²) in [5, 5.41) is 5.66. The molecule has 0 aromatic heterocycles. The molecule has 0 heterocycles. The number of nitrogens with one attached hydrogen (secondary N) is 2. The molecule has 2 N–H and O–H groups in total. The highest BCUT2D eigenvalue weighted by molar-refractivity contribution is 6.43. The van der Waals surface area contributed by atoms with Crippen LogP contribution in [0.15, 0.2) is 36.4 Å². The van der Waals surface area contributed by atoms with E-state index in [2.05, 4.69) is 29.4 Å². The van der Waals surface area contributed by atoms with E-state index in [0.29, 0.717) is 22.1 Å². The third-order valence-electron chi connectivity index (χ3n) is 4.19. The summed E-state index contributed by atoms with van der Waals surface area (Å²) >= 11 is 6.05. The molecule has 2 aromatic carbocycles. The molecule has 6 nitrogen and oxygen atoms in total. The van der Waals surface area contributed by atoms with Gasteiger partial charge in [-0.15, -0.1) is 0 Å². The highest BCUT2D eigenvalue weighted by atomic mass is 35.5. The van der Waals surface area contributed by atoms with Crippen LogP contribution in [0.5, 0.6) is 5.75 Å². The van der Waals surface area contributed by atoms with Gasteiger partial charge in [0, 0.05) is 35.6 Å². The quantitative estimate of drug-likeness (QED) is 0.730. The summed E-state index contributed by atoms with van der Waals surface area (Å²) in [7, 11) is 1.47. The normalized spacial score (nSPS) is 10.3. The smallest absolute Gasteiger partial charge is 0.314 e.